The summed E-state index contributed by atoms with van der Waals surface area (Å²) < 4.78 is 24.0. The standard InChI is InChI=1S/C10H10Cl2N6O3S2/c1-18-10(15-16-17-18)22-4-8(19)14-9-6(11)2-5(3-7(9)12)23(13,20)21/h2-3H,4H2,1H3,(H,14,19)(H2,13,20,21). The lowest BCUT2D eigenvalue weighted by molar-refractivity contribution is -0.113. The van der Waals surface area contributed by atoms with Crippen molar-refractivity contribution in [3.8, 4) is 0 Å². The lowest BCUT2D eigenvalue weighted by Gasteiger charge is -2.10. The molecule has 13 heteroatoms. The number of aryl methyl sites for hydroxylation is 1. The Morgan fingerprint density at radius 2 is 2.00 bits per heavy atom. The SMILES string of the molecule is Cn1nnnc1SCC(=O)Nc1c(Cl)cc(S(N)(=O)=O)cc1Cl. The molecule has 0 unspecified atom stereocenters. The Balaban J connectivity index is 2.11. The molecule has 0 aliphatic carbocycles. The summed E-state index contributed by atoms with van der Waals surface area (Å²) >= 11 is 13.0. The van der Waals surface area contributed by atoms with Crippen LogP contribution in [-0.4, -0.2) is 40.3 Å². The van der Waals surface area contributed by atoms with Gasteiger partial charge in [0.2, 0.25) is 21.1 Å². The number of nitrogens with two attached hydrogens (primary N) is 1. The number of hydrogen-bond acceptors (Lipinski definition) is 7. The topological polar surface area (TPSA) is 133 Å². The predicted molar refractivity (Wildman–Crippen MR) is 86.0 cm³/mol. The maximum atomic E-state index is 11.9. The molecule has 1 heterocycles. The van der Waals surface area contributed by atoms with Gasteiger partial charge in [-0.05, 0) is 22.6 Å². The number of benzene rings is 1. The number of rotatable bonds is 5. The molecule has 0 fully saturated rings. The highest BCUT2D eigenvalue weighted by molar-refractivity contribution is 7.99. The van der Waals surface area contributed by atoms with Crippen LogP contribution in [0.5, 0.6) is 0 Å². The fourth-order valence-electron chi connectivity index (χ4n) is 1.48. The molecule has 23 heavy (non-hydrogen) atoms. The molecule has 0 radical (unpaired) electrons. The average molecular weight is 397 g/mol. The second-order valence-corrected chi connectivity index (χ2v) is 7.55. The van der Waals surface area contributed by atoms with Crippen molar-refractivity contribution in [3.05, 3.63) is 22.2 Å². The molecular weight excluding hydrogens is 387 g/mol. The molecule has 9 nitrogen and oxygen atoms in total. The van der Waals surface area contributed by atoms with Crippen molar-refractivity contribution in [1.82, 2.24) is 20.2 Å². The van der Waals surface area contributed by atoms with Crippen molar-refractivity contribution >= 4 is 56.6 Å². The van der Waals surface area contributed by atoms with Gasteiger partial charge in [0.05, 0.1) is 26.4 Å². The number of carbonyl (C=O) groups excluding carboxylic acids is 1. The molecule has 3 N–H and O–H groups in total. The molecule has 0 aliphatic heterocycles. The van der Waals surface area contributed by atoms with Gasteiger partial charge < -0.3 is 5.32 Å². The third-order valence-electron chi connectivity index (χ3n) is 2.52. The van der Waals surface area contributed by atoms with Crippen LogP contribution in [0.4, 0.5) is 5.69 Å². The molecule has 0 saturated heterocycles. The van der Waals surface area contributed by atoms with Gasteiger partial charge in [0.1, 0.15) is 0 Å². The smallest absolute Gasteiger partial charge is 0.238 e. The minimum absolute atomic E-state index is 0.0117. The van der Waals surface area contributed by atoms with Gasteiger partial charge >= 0.3 is 0 Å². The highest BCUT2D eigenvalue weighted by Crippen LogP contribution is 2.33. The van der Waals surface area contributed by atoms with E-state index in [2.05, 4.69) is 20.8 Å². The van der Waals surface area contributed by atoms with E-state index in [4.69, 9.17) is 28.3 Å². The first-order valence-electron chi connectivity index (χ1n) is 5.85. The van der Waals surface area contributed by atoms with Gasteiger partial charge in [0, 0.05) is 7.05 Å². The molecule has 124 valence electrons. The van der Waals surface area contributed by atoms with Crippen LogP contribution in [0.1, 0.15) is 0 Å². The Morgan fingerprint density at radius 1 is 1.39 bits per heavy atom. The largest absolute Gasteiger partial charge is 0.323 e. The quantitative estimate of drug-likeness (QED) is 0.716. The Kier molecular flexibility index (Phi) is 5.47. The number of nitrogens with zero attached hydrogens (tertiary/aromatic N) is 4. The average Bonchev–Trinajstić information content (AvgIpc) is 2.84. The highest BCUT2D eigenvalue weighted by Gasteiger charge is 2.17. The summed E-state index contributed by atoms with van der Waals surface area (Å²) in [4.78, 5) is 11.7. The number of halogens is 2. The molecule has 0 aliphatic rings. The van der Waals surface area contributed by atoms with Crippen LogP contribution in [-0.2, 0) is 21.9 Å². The van der Waals surface area contributed by atoms with Crippen molar-refractivity contribution in [2.24, 2.45) is 12.2 Å². The molecule has 1 aromatic carbocycles. The molecule has 2 rings (SSSR count). The minimum Gasteiger partial charge on any atom is -0.323 e. The number of primary sulfonamides is 1. The first-order chi connectivity index (χ1) is 10.7. The first-order valence-corrected chi connectivity index (χ1v) is 9.14. The van der Waals surface area contributed by atoms with Crippen molar-refractivity contribution in [1.29, 1.82) is 0 Å². The number of aromatic nitrogens is 4. The van der Waals surface area contributed by atoms with Crippen LogP contribution in [0, 0.1) is 0 Å². The number of amides is 1. The summed E-state index contributed by atoms with van der Waals surface area (Å²) in [6.45, 7) is 0. The molecule has 1 aromatic heterocycles. The first kappa shape index (κ1) is 17.9. The van der Waals surface area contributed by atoms with Gasteiger partial charge in [-0.2, -0.15) is 0 Å². The van der Waals surface area contributed by atoms with E-state index in [1.807, 2.05) is 0 Å². The van der Waals surface area contributed by atoms with E-state index in [9.17, 15) is 13.2 Å². The van der Waals surface area contributed by atoms with Crippen LogP contribution >= 0.6 is 35.0 Å². The highest BCUT2D eigenvalue weighted by atomic mass is 35.5. The van der Waals surface area contributed by atoms with Gasteiger partial charge in [-0.1, -0.05) is 35.0 Å². The monoisotopic (exact) mass is 396 g/mol. The number of anilines is 1. The van der Waals surface area contributed by atoms with Gasteiger partial charge in [-0.25, -0.2) is 18.2 Å². The van der Waals surface area contributed by atoms with Crippen LogP contribution in [0.25, 0.3) is 0 Å². The Hall–Kier alpha value is -1.40. The molecule has 0 bridgehead atoms. The summed E-state index contributed by atoms with van der Waals surface area (Å²) in [6.07, 6.45) is 0. The van der Waals surface area contributed by atoms with E-state index in [0.717, 1.165) is 23.9 Å². The van der Waals surface area contributed by atoms with Crippen LogP contribution in [0.15, 0.2) is 22.2 Å². The molecule has 1 amide bonds. The number of hydrogen-bond donors (Lipinski definition) is 2. The molecule has 0 atom stereocenters. The second-order valence-electron chi connectivity index (χ2n) is 4.23. The lowest BCUT2D eigenvalue weighted by Crippen LogP contribution is -2.16. The van der Waals surface area contributed by atoms with E-state index in [0.29, 0.717) is 5.16 Å². The predicted octanol–water partition coefficient (Wildman–Crippen LogP) is 0.895. The van der Waals surface area contributed by atoms with Crippen molar-refractivity contribution < 1.29 is 13.2 Å². The maximum Gasteiger partial charge on any atom is 0.238 e. The fraction of sp³-hybridized carbons (Fsp3) is 0.200. The molecule has 0 spiro atoms. The van der Waals surface area contributed by atoms with Gasteiger partial charge in [0.15, 0.2) is 0 Å². The van der Waals surface area contributed by atoms with E-state index in [1.54, 1.807) is 7.05 Å². The zero-order valence-corrected chi connectivity index (χ0v) is 14.7. The summed E-state index contributed by atoms with van der Waals surface area (Å²) in [5.74, 6) is -0.400. The van der Waals surface area contributed by atoms with E-state index in [1.165, 1.54) is 4.68 Å². The van der Waals surface area contributed by atoms with E-state index >= 15 is 0 Å². The summed E-state index contributed by atoms with van der Waals surface area (Å²) in [7, 11) is -2.31. The molecular formula is C10H10Cl2N6O3S2. The number of tetrazole rings is 1. The second kappa shape index (κ2) is 7.01. The van der Waals surface area contributed by atoms with Crippen LogP contribution in [0.3, 0.4) is 0 Å². The Labute approximate surface area is 145 Å². The zero-order valence-electron chi connectivity index (χ0n) is 11.5. The third-order valence-corrected chi connectivity index (χ3v) is 5.02. The molecule has 2 aromatic rings. The summed E-state index contributed by atoms with van der Waals surface area (Å²) in [5.41, 5.74) is 0.0995. The van der Waals surface area contributed by atoms with Crippen LogP contribution < -0.4 is 10.5 Å². The summed E-state index contributed by atoms with van der Waals surface area (Å²) in [5, 5.41) is 18.7. The third kappa shape index (κ3) is 4.54. The van der Waals surface area contributed by atoms with Crippen molar-refractivity contribution in [2.45, 2.75) is 10.1 Å². The lowest BCUT2D eigenvalue weighted by atomic mass is 10.3. The number of sulfonamides is 1. The molecule has 0 saturated carbocycles. The normalized spacial score (nSPS) is 11.5. The van der Waals surface area contributed by atoms with Crippen molar-refractivity contribution in [2.75, 3.05) is 11.1 Å². The number of nitrogens with one attached hydrogen (secondary N) is 1. The van der Waals surface area contributed by atoms with Crippen molar-refractivity contribution in [3.63, 3.8) is 0 Å². The summed E-state index contributed by atoms with van der Waals surface area (Å²) in [6, 6.07) is 2.22. The van der Waals surface area contributed by atoms with E-state index < -0.39 is 15.9 Å². The minimum atomic E-state index is -3.95. The fourth-order valence-corrected chi connectivity index (χ4v) is 3.41. The van der Waals surface area contributed by atoms with Gasteiger partial charge in [0.25, 0.3) is 0 Å². The Bertz CT molecular complexity index is 831. The number of thioether (sulfide) groups is 1. The zero-order chi connectivity index (χ0) is 17.2. The maximum absolute atomic E-state index is 11.9. The van der Waals surface area contributed by atoms with Gasteiger partial charge in [-0.15, -0.1) is 5.10 Å². The van der Waals surface area contributed by atoms with E-state index in [-0.39, 0.29) is 26.4 Å². The van der Waals surface area contributed by atoms with Gasteiger partial charge in [-0.3, -0.25) is 4.79 Å². The van der Waals surface area contributed by atoms with Crippen LogP contribution in [0.2, 0.25) is 10.0 Å². The number of carbonyl (C=O) groups is 1. The Morgan fingerprint density at radius 3 is 2.48 bits per heavy atom.